The Balaban J connectivity index is 1.54. The molecule has 5 nitrogen and oxygen atoms in total. The van der Waals surface area contributed by atoms with Crippen molar-refractivity contribution in [2.75, 3.05) is 19.7 Å². The SMILES string of the molecule is O=C1C(=Cc2cccc(F)c2)SC(=S)N1CCCC(=O)N1CCCCC1CCO. The number of carbonyl (C=O) groups excluding carboxylic acids is 2. The van der Waals surface area contributed by atoms with E-state index in [4.69, 9.17) is 12.2 Å². The van der Waals surface area contributed by atoms with Crippen molar-refractivity contribution in [1.82, 2.24) is 9.80 Å². The zero-order valence-corrected chi connectivity index (χ0v) is 17.8. The molecule has 1 aromatic rings. The average molecular weight is 437 g/mol. The highest BCUT2D eigenvalue weighted by atomic mass is 32.2. The summed E-state index contributed by atoms with van der Waals surface area (Å²) >= 11 is 6.52. The van der Waals surface area contributed by atoms with Gasteiger partial charge in [-0.3, -0.25) is 14.5 Å². The second kappa shape index (κ2) is 10.3. The maximum atomic E-state index is 13.4. The van der Waals surface area contributed by atoms with Gasteiger partial charge in [-0.2, -0.15) is 0 Å². The van der Waals surface area contributed by atoms with Crippen LogP contribution in [-0.2, 0) is 9.59 Å². The van der Waals surface area contributed by atoms with Gasteiger partial charge in [0, 0.05) is 32.2 Å². The summed E-state index contributed by atoms with van der Waals surface area (Å²) in [6.45, 7) is 1.21. The molecule has 0 radical (unpaired) electrons. The van der Waals surface area contributed by atoms with Crippen LogP contribution >= 0.6 is 24.0 Å². The molecule has 2 heterocycles. The number of hydrogen-bond donors (Lipinski definition) is 1. The third-order valence-electron chi connectivity index (χ3n) is 5.20. The van der Waals surface area contributed by atoms with Gasteiger partial charge in [0.25, 0.3) is 5.91 Å². The Bertz CT molecular complexity index is 813. The molecule has 2 aliphatic heterocycles. The normalized spacial score (nSPS) is 21.3. The highest BCUT2D eigenvalue weighted by molar-refractivity contribution is 8.26. The van der Waals surface area contributed by atoms with Crippen molar-refractivity contribution in [1.29, 1.82) is 0 Å². The molecule has 2 fully saturated rings. The van der Waals surface area contributed by atoms with Crippen LogP contribution < -0.4 is 0 Å². The molecule has 0 bridgehead atoms. The monoisotopic (exact) mass is 436 g/mol. The molecule has 29 heavy (non-hydrogen) atoms. The Kier molecular flexibility index (Phi) is 7.80. The van der Waals surface area contributed by atoms with Crippen LogP contribution in [-0.4, -0.2) is 56.8 Å². The van der Waals surface area contributed by atoms with Gasteiger partial charge in [0.05, 0.1) is 4.91 Å². The topological polar surface area (TPSA) is 60.9 Å². The van der Waals surface area contributed by atoms with Gasteiger partial charge >= 0.3 is 0 Å². The van der Waals surface area contributed by atoms with Crippen molar-refractivity contribution in [3.63, 3.8) is 0 Å². The first-order valence-corrected chi connectivity index (χ1v) is 11.1. The number of thioether (sulfide) groups is 1. The lowest BCUT2D eigenvalue weighted by Crippen LogP contribution is -2.44. The zero-order chi connectivity index (χ0) is 20.8. The predicted octanol–water partition coefficient (Wildman–Crippen LogP) is 3.57. The van der Waals surface area contributed by atoms with E-state index in [1.54, 1.807) is 18.2 Å². The van der Waals surface area contributed by atoms with Crippen LogP contribution in [0.2, 0.25) is 0 Å². The number of carbonyl (C=O) groups is 2. The van der Waals surface area contributed by atoms with Crippen molar-refractivity contribution in [2.45, 2.75) is 44.6 Å². The summed E-state index contributed by atoms with van der Waals surface area (Å²) in [5, 5.41) is 9.22. The lowest BCUT2D eigenvalue weighted by molar-refractivity contribution is -0.135. The summed E-state index contributed by atoms with van der Waals surface area (Å²) in [6, 6.07) is 6.17. The fourth-order valence-electron chi connectivity index (χ4n) is 3.75. The Morgan fingerprint density at radius 1 is 1.38 bits per heavy atom. The van der Waals surface area contributed by atoms with E-state index in [2.05, 4.69) is 0 Å². The molecule has 1 N–H and O–H groups in total. The number of amides is 2. The van der Waals surface area contributed by atoms with E-state index in [1.807, 2.05) is 4.90 Å². The van der Waals surface area contributed by atoms with Gasteiger partial charge in [0.15, 0.2) is 0 Å². The molecular weight excluding hydrogens is 411 g/mol. The molecule has 1 unspecified atom stereocenters. The van der Waals surface area contributed by atoms with E-state index in [9.17, 15) is 19.1 Å². The molecule has 2 amide bonds. The van der Waals surface area contributed by atoms with E-state index in [-0.39, 0.29) is 30.3 Å². The molecule has 3 rings (SSSR count). The number of piperidine rings is 1. The van der Waals surface area contributed by atoms with Crippen LogP contribution in [0.3, 0.4) is 0 Å². The number of likely N-dealkylation sites (tertiary alicyclic amines) is 1. The van der Waals surface area contributed by atoms with Crippen LogP contribution in [0.1, 0.15) is 44.1 Å². The van der Waals surface area contributed by atoms with Crippen molar-refractivity contribution < 1.29 is 19.1 Å². The first-order chi connectivity index (χ1) is 14.0. The van der Waals surface area contributed by atoms with Gasteiger partial charge in [0.2, 0.25) is 5.91 Å². The number of halogens is 1. The molecule has 156 valence electrons. The van der Waals surface area contributed by atoms with Crippen LogP contribution in [0.25, 0.3) is 6.08 Å². The third kappa shape index (κ3) is 5.65. The highest BCUT2D eigenvalue weighted by Crippen LogP contribution is 2.33. The smallest absolute Gasteiger partial charge is 0.266 e. The summed E-state index contributed by atoms with van der Waals surface area (Å²) in [6.07, 6.45) is 6.15. The summed E-state index contributed by atoms with van der Waals surface area (Å²) in [5.41, 5.74) is 0.612. The van der Waals surface area contributed by atoms with Gasteiger partial charge in [-0.1, -0.05) is 36.1 Å². The van der Waals surface area contributed by atoms with Crippen LogP contribution in [0.5, 0.6) is 0 Å². The van der Waals surface area contributed by atoms with Crippen LogP contribution in [0, 0.1) is 5.82 Å². The molecule has 1 atom stereocenters. The van der Waals surface area contributed by atoms with Crippen molar-refractivity contribution in [2.24, 2.45) is 0 Å². The van der Waals surface area contributed by atoms with Gasteiger partial charge in [-0.25, -0.2) is 4.39 Å². The molecule has 8 heteroatoms. The molecule has 1 aromatic carbocycles. The predicted molar refractivity (Wildman–Crippen MR) is 117 cm³/mol. The Labute approximate surface area is 179 Å². The van der Waals surface area contributed by atoms with Gasteiger partial charge in [0.1, 0.15) is 10.1 Å². The maximum Gasteiger partial charge on any atom is 0.266 e. The van der Waals surface area contributed by atoms with Crippen molar-refractivity contribution >= 4 is 46.2 Å². The third-order valence-corrected chi connectivity index (χ3v) is 6.58. The van der Waals surface area contributed by atoms with E-state index in [0.29, 0.717) is 40.6 Å². The molecule has 0 spiro atoms. The second-order valence-corrected chi connectivity index (χ2v) is 8.92. The lowest BCUT2D eigenvalue weighted by Gasteiger charge is -2.35. The average Bonchev–Trinajstić information content (AvgIpc) is 2.96. The number of benzene rings is 1. The van der Waals surface area contributed by atoms with Gasteiger partial charge < -0.3 is 10.0 Å². The van der Waals surface area contributed by atoms with Gasteiger partial charge in [-0.05, 0) is 55.9 Å². The number of rotatable bonds is 7. The van der Waals surface area contributed by atoms with Crippen molar-refractivity contribution in [3.8, 4) is 0 Å². The minimum Gasteiger partial charge on any atom is -0.396 e. The number of thiocarbonyl (C=S) groups is 1. The van der Waals surface area contributed by atoms with Crippen molar-refractivity contribution in [3.05, 3.63) is 40.6 Å². The molecule has 2 saturated heterocycles. The molecule has 0 saturated carbocycles. The summed E-state index contributed by atoms with van der Waals surface area (Å²) in [7, 11) is 0. The first kappa shape index (κ1) is 21.9. The zero-order valence-electron chi connectivity index (χ0n) is 16.2. The largest absolute Gasteiger partial charge is 0.396 e. The summed E-state index contributed by atoms with van der Waals surface area (Å²) in [5.74, 6) is -0.485. The fourth-order valence-corrected chi connectivity index (χ4v) is 5.06. The number of aliphatic hydroxyl groups excluding tert-OH is 1. The standard InChI is InChI=1S/C21H25FN2O3S2/c22-16-6-3-5-15(13-16)14-18-20(27)24(21(28)29-18)11-4-8-19(26)23-10-2-1-7-17(23)9-12-25/h3,5-6,13-14,17,25H,1-2,4,7-12H2. The molecule has 0 aromatic heterocycles. The number of nitrogens with zero attached hydrogens (tertiary/aromatic N) is 2. The molecule has 0 aliphatic carbocycles. The van der Waals surface area contributed by atoms with E-state index >= 15 is 0 Å². The van der Waals surface area contributed by atoms with E-state index in [0.717, 1.165) is 25.8 Å². The van der Waals surface area contributed by atoms with Crippen LogP contribution in [0.4, 0.5) is 4.39 Å². The first-order valence-electron chi connectivity index (χ1n) is 9.91. The minimum absolute atomic E-state index is 0.0730. The molecular formula is C21H25FN2O3S2. The fraction of sp³-hybridized carbons (Fsp3) is 0.476. The van der Waals surface area contributed by atoms with E-state index < -0.39 is 0 Å². The summed E-state index contributed by atoms with van der Waals surface area (Å²) < 4.78 is 13.8. The summed E-state index contributed by atoms with van der Waals surface area (Å²) in [4.78, 5) is 29.1. The number of hydrogen-bond acceptors (Lipinski definition) is 5. The quantitative estimate of drug-likeness (QED) is 0.523. The Morgan fingerprint density at radius 3 is 2.97 bits per heavy atom. The van der Waals surface area contributed by atoms with Gasteiger partial charge in [-0.15, -0.1) is 0 Å². The van der Waals surface area contributed by atoms with E-state index in [1.165, 1.54) is 28.8 Å². The number of aliphatic hydroxyl groups is 1. The second-order valence-electron chi connectivity index (χ2n) is 7.24. The highest BCUT2D eigenvalue weighted by Gasteiger charge is 2.32. The Hall–Kier alpha value is -1.77. The molecule has 2 aliphatic rings. The maximum absolute atomic E-state index is 13.4. The minimum atomic E-state index is -0.357. The lowest BCUT2D eigenvalue weighted by atomic mass is 9.99. The van der Waals surface area contributed by atoms with Crippen LogP contribution in [0.15, 0.2) is 29.2 Å². The Morgan fingerprint density at radius 2 is 2.21 bits per heavy atom.